The summed E-state index contributed by atoms with van der Waals surface area (Å²) in [7, 11) is 0. The number of hydrogen-bond donors (Lipinski definition) is 1. The van der Waals surface area contributed by atoms with Gasteiger partial charge in [0, 0.05) is 18.5 Å². The number of piperidine rings is 1. The standard InChI is InChI=1S/C11H21NO2/c1-10(2)7-12(6-5-9(10)14)11(3,4)8-13/h8-9,14H,5-7H2,1-4H3. The molecule has 1 N–H and O–H groups in total. The summed E-state index contributed by atoms with van der Waals surface area (Å²) in [5.74, 6) is 0. The van der Waals surface area contributed by atoms with Crippen LogP contribution in [-0.2, 0) is 4.79 Å². The maximum Gasteiger partial charge on any atom is 0.139 e. The van der Waals surface area contributed by atoms with Gasteiger partial charge >= 0.3 is 0 Å². The van der Waals surface area contributed by atoms with Crippen LogP contribution in [0, 0.1) is 5.41 Å². The highest BCUT2D eigenvalue weighted by molar-refractivity contribution is 5.62. The second-order valence-corrected chi connectivity index (χ2v) is 5.49. The van der Waals surface area contributed by atoms with E-state index in [4.69, 9.17) is 0 Å². The summed E-state index contributed by atoms with van der Waals surface area (Å²) in [5, 5.41) is 9.78. The Morgan fingerprint density at radius 1 is 1.50 bits per heavy atom. The van der Waals surface area contributed by atoms with E-state index >= 15 is 0 Å². The molecule has 3 nitrogen and oxygen atoms in total. The molecule has 3 heteroatoms. The molecule has 0 radical (unpaired) electrons. The van der Waals surface area contributed by atoms with Crippen LogP contribution < -0.4 is 0 Å². The summed E-state index contributed by atoms with van der Waals surface area (Å²) in [4.78, 5) is 13.1. The van der Waals surface area contributed by atoms with Gasteiger partial charge in [0.15, 0.2) is 0 Å². The van der Waals surface area contributed by atoms with Crippen LogP contribution in [0.1, 0.15) is 34.1 Å². The van der Waals surface area contributed by atoms with Gasteiger partial charge in [0.25, 0.3) is 0 Å². The monoisotopic (exact) mass is 199 g/mol. The average Bonchev–Trinajstić information content (AvgIpc) is 2.09. The Morgan fingerprint density at radius 2 is 2.07 bits per heavy atom. The fourth-order valence-corrected chi connectivity index (χ4v) is 1.91. The quantitative estimate of drug-likeness (QED) is 0.676. The molecule has 1 heterocycles. The van der Waals surface area contributed by atoms with E-state index in [1.807, 2.05) is 27.7 Å². The van der Waals surface area contributed by atoms with Crippen LogP contribution in [0.3, 0.4) is 0 Å². The summed E-state index contributed by atoms with van der Waals surface area (Å²) in [6.45, 7) is 9.52. The maximum atomic E-state index is 10.9. The molecule has 1 aliphatic rings. The molecule has 1 atom stereocenters. The number of carbonyl (C=O) groups excluding carboxylic acids is 1. The molecule has 0 amide bonds. The minimum absolute atomic E-state index is 0.113. The fraction of sp³-hybridized carbons (Fsp3) is 0.909. The highest BCUT2D eigenvalue weighted by Crippen LogP contribution is 2.32. The Morgan fingerprint density at radius 3 is 2.50 bits per heavy atom. The number of aldehydes is 1. The molecular weight excluding hydrogens is 178 g/mol. The number of aliphatic hydroxyl groups excluding tert-OH is 1. The number of carbonyl (C=O) groups is 1. The Hall–Kier alpha value is -0.410. The molecule has 0 aliphatic carbocycles. The summed E-state index contributed by atoms with van der Waals surface area (Å²) in [5.41, 5.74) is -0.518. The van der Waals surface area contributed by atoms with E-state index in [-0.39, 0.29) is 11.5 Å². The number of aliphatic hydroxyl groups is 1. The highest BCUT2D eigenvalue weighted by atomic mass is 16.3. The molecule has 0 aromatic carbocycles. The van der Waals surface area contributed by atoms with Crippen molar-refractivity contribution in [2.24, 2.45) is 5.41 Å². The van der Waals surface area contributed by atoms with Crippen LogP contribution in [0.2, 0.25) is 0 Å². The molecule has 0 spiro atoms. The first-order valence-electron chi connectivity index (χ1n) is 5.19. The van der Waals surface area contributed by atoms with Crippen molar-refractivity contribution in [3.63, 3.8) is 0 Å². The number of likely N-dealkylation sites (tertiary alicyclic amines) is 1. The van der Waals surface area contributed by atoms with Gasteiger partial charge in [-0.25, -0.2) is 0 Å². The molecule has 1 fully saturated rings. The van der Waals surface area contributed by atoms with Crippen molar-refractivity contribution < 1.29 is 9.90 Å². The lowest BCUT2D eigenvalue weighted by molar-refractivity contribution is -0.122. The second kappa shape index (κ2) is 3.63. The van der Waals surface area contributed by atoms with Crippen molar-refractivity contribution in [3.8, 4) is 0 Å². The number of rotatable bonds is 2. The molecule has 0 saturated carbocycles. The van der Waals surface area contributed by atoms with Crippen molar-refractivity contribution in [3.05, 3.63) is 0 Å². The van der Waals surface area contributed by atoms with Crippen molar-refractivity contribution in [2.75, 3.05) is 13.1 Å². The molecule has 0 bridgehead atoms. The van der Waals surface area contributed by atoms with Gasteiger partial charge in [-0.1, -0.05) is 13.8 Å². The van der Waals surface area contributed by atoms with Crippen LogP contribution in [-0.4, -0.2) is 41.0 Å². The van der Waals surface area contributed by atoms with Gasteiger partial charge < -0.3 is 9.90 Å². The minimum atomic E-state index is -0.405. The molecule has 82 valence electrons. The van der Waals surface area contributed by atoms with Crippen molar-refractivity contribution in [1.82, 2.24) is 4.90 Å². The second-order valence-electron chi connectivity index (χ2n) is 5.49. The summed E-state index contributed by atoms with van der Waals surface area (Å²) >= 11 is 0. The van der Waals surface area contributed by atoms with E-state index in [0.717, 1.165) is 25.8 Å². The molecule has 1 aliphatic heterocycles. The maximum absolute atomic E-state index is 10.9. The van der Waals surface area contributed by atoms with E-state index in [2.05, 4.69) is 4.90 Å². The van der Waals surface area contributed by atoms with Gasteiger partial charge in [0.1, 0.15) is 6.29 Å². The zero-order valence-corrected chi connectivity index (χ0v) is 9.58. The summed E-state index contributed by atoms with van der Waals surface area (Å²) in [6.07, 6.45) is 1.49. The Kier molecular flexibility index (Phi) is 3.02. The lowest BCUT2D eigenvalue weighted by Gasteiger charge is -2.46. The van der Waals surface area contributed by atoms with Gasteiger partial charge in [-0.2, -0.15) is 0 Å². The van der Waals surface area contributed by atoms with Crippen molar-refractivity contribution >= 4 is 6.29 Å². The first-order chi connectivity index (χ1) is 6.29. The van der Waals surface area contributed by atoms with Gasteiger partial charge in [-0.05, 0) is 20.3 Å². The Balaban J connectivity index is 2.73. The van der Waals surface area contributed by atoms with Crippen LogP contribution >= 0.6 is 0 Å². The van der Waals surface area contributed by atoms with E-state index in [0.29, 0.717) is 0 Å². The van der Waals surface area contributed by atoms with Crippen LogP contribution in [0.15, 0.2) is 0 Å². The number of hydrogen-bond acceptors (Lipinski definition) is 3. The molecule has 14 heavy (non-hydrogen) atoms. The van der Waals surface area contributed by atoms with Gasteiger partial charge in [-0.3, -0.25) is 4.90 Å². The summed E-state index contributed by atoms with van der Waals surface area (Å²) in [6, 6.07) is 0. The van der Waals surface area contributed by atoms with E-state index in [1.165, 1.54) is 0 Å². The average molecular weight is 199 g/mol. The predicted octanol–water partition coefficient (Wildman–Crippen LogP) is 1.06. The Labute approximate surface area is 86.1 Å². The smallest absolute Gasteiger partial charge is 0.139 e. The topological polar surface area (TPSA) is 40.5 Å². The SMILES string of the molecule is CC1(C)CN(C(C)(C)C=O)CCC1O. The van der Waals surface area contributed by atoms with Crippen molar-refractivity contribution in [2.45, 2.75) is 45.8 Å². The zero-order chi connectivity index (χ0) is 11.0. The van der Waals surface area contributed by atoms with Gasteiger partial charge in [0.2, 0.25) is 0 Å². The largest absolute Gasteiger partial charge is 0.392 e. The molecular formula is C11H21NO2. The molecule has 0 aromatic rings. The molecule has 0 aromatic heterocycles. The van der Waals surface area contributed by atoms with Crippen LogP contribution in [0.5, 0.6) is 0 Å². The third-order valence-corrected chi connectivity index (χ3v) is 3.28. The van der Waals surface area contributed by atoms with E-state index < -0.39 is 5.54 Å². The summed E-state index contributed by atoms with van der Waals surface area (Å²) < 4.78 is 0. The number of nitrogens with zero attached hydrogens (tertiary/aromatic N) is 1. The molecule has 1 rings (SSSR count). The molecule has 1 unspecified atom stereocenters. The normalized spacial score (nSPS) is 28.8. The van der Waals surface area contributed by atoms with E-state index in [9.17, 15) is 9.90 Å². The fourth-order valence-electron chi connectivity index (χ4n) is 1.91. The highest BCUT2D eigenvalue weighted by Gasteiger charge is 2.39. The van der Waals surface area contributed by atoms with Crippen molar-refractivity contribution in [1.29, 1.82) is 0 Å². The predicted molar refractivity (Wildman–Crippen MR) is 56.1 cm³/mol. The molecule has 1 saturated heterocycles. The van der Waals surface area contributed by atoms with Crippen LogP contribution in [0.4, 0.5) is 0 Å². The Bertz CT molecular complexity index is 223. The third kappa shape index (κ3) is 2.15. The first-order valence-corrected chi connectivity index (χ1v) is 5.19. The van der Waals surface area contributed by atoms with Gasteiger partial charge in [0.05, 0.1) is 11.6 Å². The van der Waals surface area contributed by atoms with Crippen LogP contribution in [0.25, 0.3) is 0 Å². The lowest BCUT2D eigenvalue weighted by Crippen LogP contribution is -2.56. The van der Waals surface area contributed by atoms with Gasteiger partial charge in [-0.15, -0.1) is 0 Å². The third-order valence-electron chi connectivity index (χ3n) is 3.28. The minimum Gasteiger partial charge on any atom is -0.392 e. The lowest BCUT2D eigenvalue weighted by atomic mass is 9.79. The van der Waals surface area contributed by atoms with E-state index in [1.54, 1.807) is 0 Å². The first kappa shape index (κ1) is 11.7. The zero-order valence-electron chi connectivity index (χ0n) is 9.58.